The van der Waals surface area contributed by atoms with Gasteiger partial charge in [-0.05, 0) is 42.0 Å². The van der Waals surface area contributed by atoms with E-state index in [1.54, 1.807) is 59.5 Å². The maximum Gasteiger partial charge on any atom is 0.284 e. The van der Waals surface area contributed by atoms with Gasteiger partial charge in [-0.1, -0.05) is 35.9 Å². The lowest BCUT2D eigenvalue weighted by Gasteiger charge is -2.34. The molecule has 1 fully saturated rings. The van der Waals surface area contributed by atoms with Gasteiger partial charge in [-0.2, -0.15) is 0 Å². The minimum Gasteiger partial charge on any atom is -0.497 e. The number of hydrogen-bond acceptors (Lipinski definition) is 6. The van der Waals surface area contributed by atoms with E-state index in [4.69, 9.17) is 16.3 Å². The number of carbonyl (C=O) groups is 2. The normalized spacial score (nSPS) is 13.6. The molecule has 0 saturated carbocycles. The van der Waals surface area contributed by atoms with Gasteiger partial charge in [0.25, 0.3) is 17.4 Å². The van der Waals surface area contributed by atoms with Gasteiger partial charge in [0.15, 0.2) is 11.3 Å². The molecule has 0 bridgehead atoms. The van der Waals surface area contributed by atoms with Gasteiger partial charge in [-0.3, -0.25) is 19.0 Å². The lowest BCUT2D eigenvalue weighted by Crippen LogP contribution is -2.51. The number of methoxy groups -OCH3 is 1. The Bertz CT molecular complexity index is 1530. The largest absolute Gasteiger partial charge is 0.497 e. The van der Waals surface area contributed by atoms with Gasteiger partial charge in [-0.25, -0.2) is 9.97 Å². The summed E-state index contributed by atoms with van der Waals surface area (Å²) in [4.78, 5) is 51.8. The van der Waals surface area contributed by atoms with Crippen LogP contribution < -0.4 is 10.3 Å². The second-order valence-corrected chi connectivity index (χ2v) is 9.02. The molecule has 4 aromatic rings. The molecule has 0 N–H and O–H groups in total. The lowest BCUT2D eigenvalue weighted by molar-refractivity contribution is 0.0531. The predicted octanol–water partition coefficient (Wildman–Crippen LogP) is 3.10. The van der Waals surface area contributed by atoms with Crippen LogP contribution in [0.1, 0.15) is 26.4 Å². The summed E-state index contributed by atoms with van der Waals surface area (Å²) >= 11 is 6.18. The average molecular weight is 518 g/mol. The number of benzene rings is 2. The van der Waals surface area contributed by atoms with Crippen molar-refractivity contribution >= 4 is 34.6 Å². The third-order valence-corrected chi connectivity index (χ3v) is 6.69. The molecule has 5 rings (SSSR count). The second-order valence-electron chi connectivity index (χ2n) is 8.61. The Labute approximate surface area is 217 Å². The van der Waals surface area contributed by atoms with Crippen molar-refractivity contribution in [2.24, 2.45) is 0 Å². The van der Waals surface area contributed by atoms with Gasteiger partial charge in [0.05, 0.1) is 24.2 Å². The van der Waals surface area contributed by atoms with Crippen molar-refractivity contribution in [3.8, 4) is 5.75 Å². The number of ether oxygens (including phenoxy) is 1. The van der Waals surface area contributed by atoms with Crippen LogP contribution in [0, 0.1) is 0 Å². The first-order valence-corrected chi connectivity index (χ1v) is 12.2. The molecule has 10 heteroatoms. The molecule has 3 heterocycles. The Kier molecular flexibility index (Phi) is 6.87. The number of aromatic nitrogens is 3. The Morgan fingerprint density at radius 3 is 2.27 bits per heavy atom. The Balaban J connectivity index is 1.39. The maximum atomic E-state index is 13.5. The lowest BCUT2D eigenvalue weighted by atomic mass is 10.1. The van der Waals surface area contributed by atoms with Crippen LogP contribution in [0.4, 0.5) is 0 Å². The smallest absolute Gasteiger partial charge is 0.284 e. The summed E-state index contributed by atoms with van der Waals surface area (Å²) in [5.74, 6) is 0.0513. The molecule has 9 nitrogen and oxygen atoms in total. The first-order chi connectivity index (χ1) is 18.0. The SMILES string of the molecule is COc1ccc(Cn2c(=O)c(C(=O)N3CCN(C(=O)c4ccccc4Cl)CC3)nc3cccnc32)cc1. The Morgan fingerprint density at radius 1 is 0.919 bits per heavy atom. The summed E-state index contributed by atoms with van der Waals surface area (Å²) in [5.41, 5.74) is 1.45. The molecule has 1 aliphatic heterocycles. The van der Waals surface area contributed by atoms with Crippen molar-refractivity contribution in [3.63, 3.8) is 0 Å². The number of rotatable bonds is 5. The van der Waals surface area contributed by atoms with Crippen LogP contribution in [0.3, 0.4) is 0 Å². The van der Waals surface area contributed by atoms with E-state index in [1.165, 1.54) is 4.57 Å². The Hall–Kier alpha value is -4.24. The molecule has 1 aliphatic rings. The number of pyridine rings is 1. The van der Waals surface area contributed by atoms with Crippen molar-refractivity contribution in [3.05, 3.63) is 99.1 Å². The van der Waals surface area contributed by atoms with E-state index in [2.05, 4.69) is 9.97 Å². The molecule has 188 valence electrons. The van der Waals surface area contributed by atoms with Crippen molar-refractivity contribution in [1.29, 1.82) is 0 Å². The standard InChI is InChI=1S/C27H24ClN5O4/c1-37-19-10-8-18(9-11-19)17-33-24-22(7-4-12-29-24)30-23(27(33)36)26(35)32-15-13-31(14-16-32)25(34)20-5-2-3-6-21(20)28/h2-12H,13-17H2,1H3. The number of amides is 2. The maximum absolute atomic E-state index is 13.5. The van der Waals surface area contributed by atoms with Crippen LogP contribution >= 0.6 is 11.6 Å². The van der Waals surface area contributed by atoms with Gasteiger partial charge in [0.2, 0.25) is 0 Å². The summed E-state index contributed by atoms with van der Waals surface area (Å²) in [6, 6.07) is 17.7. The summed E-state index contributed by atoms with van der Waals surface area (Å²) in [6.07, 6.45) is 1.59. The number of piperazine rings is 1. The van der Waals surface area contributed by atoms with Gasteiger partial charge in [0.1, 0.15) is 11.3 Å². The van der Waals surface area contributed by atoms with Crippen LogP contribution in [0.15, 0.2) is 71.7 Å². The zero-order valence-corrected chi connectivity index (χ0v) is 20.9. The summed E-state index contributed by atoms with van der Waals surface area (Å²) in [7, 11) is 1.59. The molecule has 0 aliphatic carbocycles. The van der Waals surface area contributed by atoms with E-state index in [0.717, 1.165) is 5.56 Å². The molecular weight excluding hydrogens is 494 g/mol. The van der Waals surface area contributed by atoms with Crippen molar-refractivity contribution in [1.82, 2.24) is 24.3 Å². The van der Waals surface area contributed by atoms with Crippen LogP contribution in [-0.2, 0) is 6.54 Å². The first kappa shape index (κ1) is 24.5. The zero-order chi connectivity index (χ0) is 25.9. The van der Waals surface area contributed by atoms with Crippen molar-refractivity contribution in [2.75, 3.05) is 33.3 Å². The number of halogens is 1. The van der Waals surface area contributed by atoms with Crippen LogP contribution in [0.25, 0.3) is 11.2 Å². The molecule has 2 amide bonds. The fourth-order valence-corrected chi connectivity index (χ4v) is 4.56. The van der Waals surface area contributed by atoms with Gasteiger partial charge < -0.3 is 14.5 Å². The highest BCUT2D eigenvalue weighted by Crippen LogP contribution is 2.19. The van der Waals surface area contributed by atoms with Crippen molar-refractivity contribution in [2.45, 2.75) is 6.54 Å². The zero-order valence-electron chi connectivity index (χ0n) is 20.1. The highest BCUT2D eigenvalue weighted by atomic mass is 35.5. The minimum atomic E-state index is -0.512. The number of fused-ring (bicyclic) bond motifs is 1. The molecule has 0 atom stereocenters. The minimum absolute atomic E-state index is 0.167. The van der Waals surface area contributed by atoms with E-state index in [9.17, 15) is 14.4 Å². The quantitative estimate of drug-likeness (QED) is 0.403. The number of carbonyl (C=O) groups excluding carboxylic acids is 2. The second kappa shape index (κ2) is 10.4. The van der Waals surface area contributed by atoms with Crippen LogP contribution in [0.5, 0.6) is 5.75 Å². The average Bonchev–Trinajstić information content (AvgIpc) is 2.94. The van der Waals surface area contributed by atoms with Gasteiger partial charge in [-0.15, -0.1) is 0 Å². The number of nitrogens with zero attached hydrogens (tertiary/aromatic N) is 5. The summed E-state index contributed by atoms with van der Waals surface area (Å²) in [5, 5.41) is 0.386. The topological polar surface area (TPSA) is 97.6 Å². The van der Waals surface area contributed by atoms with Gasteiger partial charge >= 0.3 is 0 Å². The van der Waals surface area contributed by atoms with E-state index >= 15 is 0 Å². The number of hydrogen-bond donors (Lipinski definition) is 0. The monoisotopic (exact) mass is 517 g/mol. The van der Waals surface area contributed by atoms with Gasteiger partial charge in [0, 0.05) is 32.4 Å². The van der Waals surface area contributed by atoms with E-state index in [-0.39, 0.29) is 31.2 Å². The molecule has 0 radical (unpaired) electrons. The summed E-state index contributed by atoms with van der Waals surface area (Å²) in [6.45, 7) is 1.43. The van der Waals surface area contributed by atoms with Crippen LogP contribution in [0.2, 0.25) is 5.02 Å². The predicted molar refractivity (Wildman–Crippen MR) is 139 cm³/mol. The van der Waals surface area contributed by atoms with E-state index in [1.807, 2.05) is 24.3 Å². The molecule has 0 unspecified atom stereocenters. The molecule has 2 aromatic heterocycles. The molecule has 1 saturated heterocycles. The fraction of sp³-hybridized carbons (Fsp3) is 0.222. The van der Waals surface area contributed by atoms with Crippen molar-refractivity contribution < 1.29 is 14.3 Å². The third-order valence-electron chi connectivity index (χ3n) is 6.36. The molecule has 37 heavy (non-hydrogen) atoms. The highest BCUT2D eigenvalue weighted by Gasteiger charge is 2.29. The molecule has 0 spiro atoms. The molecule has 2 aromatic carbocycles. The van der Waals surface area contributed by atoms with E-state index in [0.29, 0.717) is 40.6 Å². The fourth-order valence-electron chi connectivity index (χ4n) is 4.34. The van der Waals surface area contributed by atoms with E-state index < -0.39 is 11.5 Å². The Morgan fingerprint density at radius 2 is 1.59 bits per heavy atom. The highest BCUT2D eigenvalue weighted by molar-refractivity contribution is 6.33. The molecular formula is C27H24ClN5O4. The third kappa shape index (κ3) is 4.90. The first-order valence-electron chi connectivity index (χ1n) is 11.8. The summed E-state index contributed by atoms with van der Waals surface area (Å²) < 4.78 is 6.68. The van der Waals surface area contributed by atoms with Crippen LogP contribution in [-0.4, -0.2) is 69.4 Å².